The molecule has 24 heavy (non-hydrogen) atoms. The van der Waals surface area contributed by atoms with Crippen molar-refractivity contribution in [2.75, 3.05) is 5.32 Å². The van der Waals surface area contributed by atoms with Gasteiger partial charge in [-0.2, -0.15) is 0 Å². The molecule has 5 heteroatoms. The van der Waals surface area contributed by atoms with E-state index in [1.165, 1.54) is 18.4 Å². The van der Waals surface area contributed by atoms with Crippen LogP contribution in [0.5, 0.6) is 0 Å². The Morgan fingerprint density at radius 2 is 1.92 bits per heavy atom. The van der Waals surface area contributed by atoms with Crippen molar-refractivity contribution in [3.63, 3.8) is 0 Å². The maximum absolute atomic E-state index is 12.4. The van der Waals surface area contributed by atoms with Crippen LogP contribution >= 0.6 is 15.9 Å². The summed E-state index contributed by atoms with van der Waals surface area (Å²) in [7, 11) is 0. The van der Waals surface area contributed by atoms with Crippen molar-refractivity contribution >= 4 is 44.6 Å². The molecule has 0 aliphatic rings. The van der Waals surface area contributed by atoms with E-state index in [0.717, 1.165) is 10.0 Å². The lowest BCUT2D eigenvalue weighted by molar-refractivity contribution is -0.111. The van der Waals surface area contributed by atoms with Crippen LogP contribution in [0.3, 0.4) is 0 Å². The molecule has 0 aliphatic heterocycles. The van der Waals surface area contributed by atoms with E-state index >= 15 is 0 Å². The molecule has 120 valence electrons. The Bertz CT molecular complexity index is 988. The molecule has 2 aromatic carbocycles. The van der Waals surface area contributed by atoms with Gasteiger partial charge in [0.05, 0.1) is 10.9 Å². The van der Waals surface area contributed by atoms with Crippen molar-refractivity contribution in [3.8, 4) is 0 Å². The van der Waals surface area contributed by atoms with Crippen molar-refractivity contribution in [2.24, 2.45) is 0 Å². The van der Waals surface area contributed by atoms with E-state index in [-0.39, 0.29) is 11.3 Å². The monoisotopic (exact) mass is 383 g/mol. The third-order valence-corrected chi connectivity index (χ3v) is 4.01. The first-order chi connectivity index (χ1) is 11.5. The summed E-state index contributed by atoms with van der Waals surface area (Å²) in [6.07, 6.45) is 4.14. The molecule has 0 saturated heterocycles. The minimum absolute atomic E-state index is 0.160. The molecular formula is C19H14BrNO3. The van der Waals surface area contributed by atoms with Gasteiger partial charge in [-0.15, -0.1) is 0 Å². The lowest BCUT2D eigenvalue weighted by atomic mass is 10.1. The highest BCUT2D eigenvalue weighted by Gasteiger charge is 2.05. The molecule has 0 fully saturated rings. The van der Waals surface area contributed by atoms with Gasteiger partial charge >= 0.3 is 0 Å². The fraction of sp³-hybridized carbons (Fsp3) is 0.0526. The Kier molecular flexibility index (Phi) is 4.62. The molecule has 0 aliphatic carbocycles. The van der Waals surface area contributed by atoms with E-state index in [9.17, 15) is 9.59 Å². The molecular weight excluding hydrogens is 370 g/mol. The number of fused-ring (bicyclic) bond motifs is 1. The average molecular weight is 384 g/mol. The van der Waals surface area contributed by atoms with E-state index in [2.05, 4.69) is 21.2 Å². The van der Waals surface area contributed by atoms with Crippen molar-refractivity contribution < 1.29 is 9.21 Å². The molecule has 1 N–H and O–H groups in total. The van der Waals surface area contributed by atoms with Crippen LogP contribution in [-0.2, 0) is 4.79 Å². The number of hydrogen-bond donors (Lipinski definition) is 1. The van der Waals surface area contributed by atoms with Crippen LogP contribution in [0.25, 0.3) is 17.0 Å². The van der Waals surface area contributed by atoms with Gasteiger partial charge in [0.25, 0.3) is 0 Å². The van der Waals surface area contributed by atoms with Gasteiger partial charge in [0.15, 0.2) is 5.43 Å². The average Bonchev–Trinajstić information content (AvgIpc) is 2.57. The van der Waals surface area contributed by atoms with E-state index < -0.39 is 0 Å². The maximum Gasteiger partial charge on any atom is 0.248 e. The zero-order valence-corrected chi connectivity index (χ0v) is 14.5. The first-order valence-electron chi connectivity index (χ1n) is 7.30. The Labute approximate surface area is 146 Å². The molecule has 0 radical (unpaired) electrons. The summed E-state index contributed by atoms with van der Waals surface area (Å²) in [5.41, 5.74) is 2.35. The number of nitrogens with one attached hydrogen (secondary N) is 1. The minimum atomic E-state index is -0.318. The molecule has 3 rings (SSSR count). The van der Waals surface area contributed by atoms with Gasteiger partial charge in [-0.25, -0.2) is 0 Å². The first-order valence-corrected chi connectivity index (χ1v) is 8.09. The SMILES string of the molecule is Cc1ccc2occ(/C=C/C(=O)Nc3ccc(Br)cc3)c(=O)c2c1. The fourth-order valence-corrected chi connectivity index (χ4v) is 2.52. The number of anilines is 1. The zero-order valence-electron chi connectivity index (χ0n) is 12.9. The van der Waals surface area contributed by atoms with Gasteiger partial charge in [-0.1, -0.05) is 27.6 Å². The molecule has 1 heterocycles. The lowest BCUT2D eigenvalue weighted by Crippen LogP contribution is -2.09. The minimum Gasteiger partial charge on any atom is -0.463 e. The third kappa shape index (κ3) is 3.63. The molecule has 1 aromatic heterocycles. The van der Waals surface area contributed by atoms with Crippen LogP contribution in [0.4, 0.5) is 5.69 Å². The highest BCUT2D eigenvalue weighted by Crippen LogP contribution is 2.15. The van der Waals surface area contributed by atoms with E-state index in [1.54, 1.807) is 24.3 Å². The molecule has 3 aromatic rings. The summed E-state index contributed by atoms with van der Waals surface area (Å²) >= 11 is 3.33. The lowest BCUT2D eigenvalue weighted by Gasteiger charge is -2.02. The number of hydrogen-bond acceptors (Lipinski definition) is 3. The summed E-state index contributed by atoms with van der Waals surface area (Å²) in [4.78, 5) is 24.4. The standard InChI is InChI=1S/C19H14BrNO3/c1-12-2-8-17-16(10-12)19(23)13(11-24-17)3-9-18(22)21-15-6-4-14(20)5-7-15/h2-11H,1H3,(H,21,22)/b9-3+. The quantitative estimate of drug-likeness (QED) is 0.676. The summed E-state index contributed by atoms with van der Waals surface area (Å²) in [5, 5.41) is 3.23. The Balaban J connectivity index is 1.82. The van der Waals surface area contributed by atoms with Crippen LogP contribution in [-0.4, -0.2) is 5.91 Å². The van der Waals surface area contributed by atoms with Crippen LogP contribution in [0.1, 0.15) is 11.1 Å². The van der Waals surface area contributed by atoms with Crippen LogP contribution in [0, 0.1) is 6.92 Å². The molecule has 0 atom stereocenters. The van der Waals surface area contributed by atoms with Gasteiger partial charge in [0.1, 0.15) is 11.8 Å². The number of carbonyl (C=O) groups excluding carboxylic acids is 1. The highest BCUT2D eigenvalue weighted by molar-refractivity contribution is 9.10. The predicted octanol–water partition coefficient (Wildman–Crippen LogP) is 4.52. The largest absolute Gasteiger partial charge is 0.463 e. The number of aryl methyl sites for hydroxylation is 1. The molecule has 0 spiro atoms. The zero-order chi connectivity index (χ0) is 17.1. The Morgan fingerprint density at radius 3 is 2.67 bits per heavy atom. The maximum atomic E-state index is 12.4. The second kappa shape index (κ2) is 6.84. The number of carbonyl (C=O) groups is 1. The summed E-state index contributed by atoms with van der Waals surface area (Å²) in [6, 6.07) is 12.7. The van der Waals surface area contributed by atoms with Gasteiger partial charge in [0.2, 0.25) is 5.91 Å². The normalized spacial score (nSPS) is 11.1. The molecule has 0 bridgehead atoms. The van der Waals surface area contributed by atoms with Crippen LogP contribution in [0.15, 0.2) is 68.5 Å². The van der Waals surface area contributed by atoms with E-state index in [0.29, 0.717) is 22.2 Å². The van der Waals surface area contributed by atoms with Crippen LogP contribution < -0.4 is 10.7 Å². The summed E-state index contributed by atoms with van der Waals surface area (Å²) < 4.78 is 6.38. The summed E-state index contributed by atoms with van der Waals surface area (Å²) in [6.45, 7) is 1.91. The third-order valence-electron chi connectivity index (χ3n) is 3.48. The van der Waals surface area contributed by atoms with Crippen LogP contribution in [0.2, 0.25) is 0 Å². The fourth-order valence-electron chi connectivity index (χ4n) is 2.26. The van der Waals surface area contributed by atoms with E-state index in [1.807, 2.05) is 25.1 Å². The molecule has 0 unspecified atom stereocenters. The second-order valence-electron chi connectivity index (χ2n) is 5.35. The number of halogens is 1. The van der Waals surface area contributed by atoms with Gasteiger partial charge < -0.3 is 9.73 Å². The molecule has 1 amide bonds. The predicted molar refractivity (Wildman–Crippen MR) is 99.0 cm³/mol. The van der Waals surface area contributed by atoms with Crippen molar-refractivity contribution in [3.05, 3.63) is 80.6 Å². The number of rotatable bonds is 3. The molecule has 4 nitrogen and oxygen atoms in total. The second-order valence-corrected chi connectivity index (χ2v) is 6.26. The van der Waals surface area contributed by atoms with Crippen molar-refractivity contribution in [1.82, 2.24) is 0 Å². The Morgan fingerprint density at radius 1 is 1.17 bits per heavy atom. The highest BCUT2D eigenvalue weighted by atomic mass is 79.9. The number of amides is 1. The van der Waals surface area contributed by atoms with Gasteiger partial charge in [-0.05, 0) is 49.4 Å². The summed E-state index contributed by atoms with van der Waals surface area (Å²) in [5.74, 6) is -0.318. The molecule has 0 saturated carbocycles. The van der Waals surface area contributed by atoms with Crippen molar-refractivity contribution in [1.29, 1.82) is 0 Å². The van der Waals surface area contributed by atoms with Gasteiger partial charge in [0, 0.05) is 16.2 Å². The smallest absolute Gasteiger partial charge is 0.248 e. The van der Waals surface area contributed by atoms with E-state index in [4.69, 9.17) is 4.42 Å². The first kappa shape index (κ1) is 16.2. The Hall–Kier alpha value is -2.66. The van der Waals surface area contributed by atoms with Gasteiger partial charge in [-0.3, -0.25) is 9.59 Å². The number of benzene rings is 2. The topological polar surface area (TPSA) is 59.3 Å². The van der Waals surface area contributed by atoms with Crippen molar-refractivity contribution in [2.45, 2.75) is 6.92 Å².